The van der Waals surface area contributed by atoms with Gasteiger partial charge in [-0.3, -0.25) is 9.89 Å². The fraction of sp³-hybridized carbons (Fsp3) is 0.762. The van der Waals surface area contributed by atoms with E-state index in [0.29, 0.717) is 11.5 Å². The number of hydrogen-bond donors (Lipinski definition) is 2. The van der Waals surface area contributed by atoms with Gasteiger partial charge in [0.15, 0.2) is 5.96 Å². The Morgan fingerprint density at radius 3 is 3.00 bits per heavy atom. The second-order valence-corrected chi connectivity index (χ2v) is 7.97. The van der Waals surface area contributed by atoms with Gasteiger partial charge >= 0.3 is 0 Å². The average Bonchev–Trinajstić information content (AvgIpc) is 3.08. The molecule has 1 aliphatic carbocycles. The van der Waals surface area contributed by atoms with E-state index in [0.717, 1.165) is 57.3 Å². The Morgan fingerprint density at radius 2 is 2.30 bits per heavy atom. The van der Waals surface area contributed by atoms with Gasteiger partial charge in [-0.05, 0) is 62.7 Å². The van der Waals surface area contributed by atoms with Crippen molar-refractivity contribution >= 4 is 5.96 Å². The van der Waals surface area contributed by atoms with Crippen molar-refractivity contribution in [2.24, 2.45) is 10.4 Å². The van der Waals surface area contributed by atoms with Crippen LogP contribution in [0.25, 0.3) is 0 Å². The zero-order valence-corrected chi connectivity index (χ0v) is 17.0. The summed E-state index contributed by atoms with van der Waals surface area (Å²) in [6.07, 6.45) is 8.83. The predicted molar refractivity (Wildman–Crippen MR) is 109 cm³/mol. The van der Waals surface area contributed by atoms with E-state index in [1.165, 1.54) is 32.2 Å². The van der Waals surface area contributed by atoms with Crippen molar-refractivity contribution in [2.45, 2.75) is 51.5 Å². The normalized spacial score (nSPS) is 22.1. The van der Waals surface area contributed by atoms with Crippen LogP contribution in [0.1, 0.15) is 44.8 Å². The lowest BCUT2D eigenvalue weighted by Crippen LogP contribution is -2.45. The molecule has 27 heavy (non-hydrogen) atoms. The highest BCUT2D eigenvalue weighted by Crippen LogP contribution is 2.48. The Bertz CT molecular complexity index is 569. The second kappa shape index (κ2) is 10.1. The summed E-state index contributed by atoms with van der Waals surface area (Å²) in [5.41, 5.74) is 0.369. The molecular weight excluding hydrogens is 340 g/mol. The van der Waals surface area contributed by atoms with Crippen LogP contribution in [0.2, 0.25) is 0 Å². The van der Waals surface area contributed by atoms with Crippen molar-refractivity contribution in [3.05, 3.63) is 24.2 Å². The Hall–Kier alpha value is -1.53. The molecule has 0 bridgehead atoms. The number of nitrogens with one attached hydrogen (secondary N) is 2. The maximum atomic E-state index is 5.43. The molecule has 1 aromatic heterocycles. The number of likely N-dealkylation sites (tertiary alicyclic amines) is 1. The summed E-state index contributed by atoms with van der Waals surface area (Å²) >= 11 is 0. The minimum absolute atomic E-state index is 0.369. The molecular formula is C21H36N4O2. The first-order valence-corrected chi connectivity index (χ1v) is 10.5. The molecule has 1 saturated carbocycles. The van der Waals surface area contributed by atoms with Gasteiger partial charge in [0, 0.05) is 45.8 Å². The van der Waals surface area contributed by atoms with Gasteiger partial charge in [-0.15, -0.1) is 0 Å². The first-order chi connectivity index (χ1) is 13.2. The van der Waals surface area contributed by atoms with Crippen molar-refractivity contribution in [3.8, 4) is 0 Å². The SMILES string of the molecule is CCN1CCCC1CNC(=NCC1(CCOC)CC1)NCCc1ccco1. The van der Waals surface area contributed by atoms with Gasteiger partial charge < -0.3 is 19.8 Å². The molecule has 2 N–H and O–H groups in total. The summed E-state index contributed by atoms with van der Waals surface area (Å²) in [7, 11) is 1.78. The van der Waals surface area contributed by atoms with Crippen LogP contribution in [0.4, 0.5) is 0 Å². The number of hydrogen-bond acceptors (Lipinski definition) is 4. The highest BCUT2D eigenvalue weighted by Gasteiger charge is 2.41. The lowest BCUT2D eigenvalue weighted by atomic mass is 10.0. The number of guanidine groups is 1. The first-order valence-electron chi connectivity index (χ1n) is 10.5. The van der Waals surface area contributed by atoms with Gasteiger partial charge in [0.1, 0.15) is 5.76 Å². The van der Waals surface area contributed by atoms with Crippen LogP contribution >= 0.6 is 0 Å². The minimum Gasteiger partial charge on any atom is -0.469 e. The minimum atomic E-state index is 0.369. The van der Waals surface area contributed by atoms with Crippen LogP contribution in [0.15, 0.2) is 27.8 Å². The highest BCUT2D eigenvalue weighted by atomic mass is 16.5. The van der Waals surface area contributed by atoms with Gasteiger partial charge in [-0.2, -0.15) is 0 Å². The van der Waals surface area contributed by atoms with E-state index in [1.807, 2.05) is 12.1 Å². The fourth-order valence-electron chi connectivity index (χ4n) is 3.92. The zero-order valence-electron chi connectivity index (χ0n) is 17.0. The number of rotatable bonds is 11. The molecule has 0 radical (unpaired) electrons. The maximum absolute atomic E-state index is 5.43. The third-order valence-corrected chi connectivity index (χ3v) is 6.02. The smallest absolute Gasteiger partial charge is 0.191 e. The Balaban J connectivity index is 1.51. The molecule has 2 heterocycles. The standard InChI is InChI=1S/C21H36N4O2/c1-3-25-13-4-6-18(25)16-23-20(22-12-8-19-7-5-14-27-19)24-17-21(9-10-21)11-15-26-2/h5,7,14,18H,3-4,6,8-13,15-17H2,1-2H3,(H2,22,23,24). The molecule has 0 aromatic carbocycles. The van der Waals surface area contributed by atoms with Crippen LogP contribution in [-0.2, 0) is 11.2 Å². The van der Waals surface area contributed by atoms with E-state index in [2.05, 4.69) is 22.5 Å². The molecule has 2 aliphatic rings. The molecule has 152 valence electrons. The second-order valence-electron chi connectivity index (χ2n) is 7.97. The Kier molecular flexibility index (Phi) is 7.59. The zero-order chi connectivity index (χ0) is 19.0. The summed E-state index contributed by atoms with van der Waals surface area (Å²) in [5, 5.41) is 7.10. The van der Waals surface area contributed by atoms with E-state index in [-0.39, 0.29) is 0 Å². The van der Waals surface area contributed by atoms with E-state index in [4.69, 9.17) is 14.1 Å². The largest absolute Gasteiger partial charge is 0.469 e. The average molecular weight is 377 g/mol. The van der Waals surface area contributed by atoms with Gasteiger partial charge in [0.2, 0.25) is 0 Å². The van der Waals surface area contributed by atoms with Crippen LogP contribution < -0.4 is 10.6 Å². The van der Waals surface area contributed by atoms with Crippen molar-refractivity contribution in [2.75, 3.05) is 46.4 Å². The van der Waals surface area contributed by atoms with E-state index in [9.17, 15) is 0 Å². The summed E-state index contributed by atoms with van der Waals surface area (Å²) < 4.78 is 10.7. The molecule has 1 atom stereocenters. The summed E-state index contributed by atoms with van der Waals surface area (Å²) in [5.74, 6) is 1.95. The summed E-state index contributed by atoms with van der Waals surface area (Å²) in [6, 6.07) is 4.58. The maximum Gasteiger partial charge on any atom is 0.191 e. The Labute approximate surface area is 163 Å². The lowest BCUT2D eigenvalue weighted by molar-refractivity contribution is 0.174. The predicted octanol–water partition coefficient (Wildman–Crippen LogP) is 2.66. The van der Waals surface area contributed by atoms with Gasteiger partial charge in [-0.25, -0.2) is 0 Å². The molecule has 0 spiro atoms. The molecule has 1 aromatic rings. The number of methoxy groups -OCH3 is 1. The molecule has 1 unspecified atom stereocenters. The highest BCUT2D eigenvalue weighted by molar-refractivity contribution is 5.79. The topological polar surface area (TPSA) is 62.0 Å². The lowest BCUT2D eigenvalue weighted by Gasteiger charge is -2.24. The molecule has 6 nitrogen and oxygen atoms in total. The third-order valence-electron chi connectivity index (χ3n) is 6.02. The fourth-order valence-corrected chi connectivity index (χ4v) is 3.92. The molecule has 3 rings (SSSR count). The van der Waals surface area contributed by atoms with Crippen molar-refractivity contribution in [1.82, 2.24) is 15.5 Å². The number of nitrogens with zero attached hydrogens (tertiary/aromatic N) is 2. The number of furan rings is 1. The monoisotopic (exact) mass is 376 g/mol. The quantitative estimate of drug-likeness (QED) is 0.459. The molecule has 6 heteroatoms. The van der Waals surface area contributed by atoms with Gasteiger partial charge in [0.25, 0.3) is 0 Å². The van der Waals surface area contributed by atoms with Crippen LogP contribution in [0.5, 0.6) is 0 Å². The van der Waals surface area contributed by atoms with Crippen molar-refractivity contribution in [1.29, 1.82) is 0 Å². The van der Waals surface area contributed by atoms with Crippen molar-refractivity contribution < 1.29 is 9.15 Å². The first kappa shape index (κ1) is 20.2. The number of ether oxygens (including phenoxy) is 1. The van der Waals surface area contributed by atoms with E-state index in [1.54, 1.807) is 13.4 Å². The van der Waals surface area contributed by atoms with Crippen LogP contribution in [-0.4, -0.2) is 63.3 Å². The van der Waals surface area contributed by atoms with E-state index < -0.39 is 0 Å². The van der Waals surface area contributed by atoms with Crippen molar-refractivity contribution in [3.63, 3.8) is 0 Å². The number of aliphatic imine (C=N–C) groups is 1. The molecule has 0 amide bonds. The van der Waals surface area contributed by atoms with Gasteiger partial charge in [-0.1, -0.05) is 6.92 Å². The van der Waals surface area contributed by atoms with Crippen LogP contribution in [0, 0.1) is 5.41 Å². The molecule has 1 saturated heterocycles. The Morgan fingerprint density at radius 1 is 1.41 bits per heavy atom. The summed E-state index contributed by atoms with van der Waals surface area (Å²) in [4.78, 5) is 7.50. The van der Waals surface area contributed by atoms with Gasteiger partial charge in [0.05, 0.1) is 6.26 Å². The molecule has 1 aliphatic heterocycles. The molecule has 2 fully saturated rings. The van der Waals surface area contributed by atoms with E-state index >= 15 is 0 Å². The number of likely N-dealkylation sites (N-methyl/N-ethyl adjacent to an activating group) is 1. The summed E-state index contributed by atoms with van der Waals surface area (Å²) in [6.45, 7) is 8.11. The van der Waals surface area contributed by atoms with Crippen LogP contribution in [0.3, 0.4) is 0 Å². The third kappa shape index (κ3) is 6.25.